The third-order valence-corrected chi connectivity index (χ3v) is 6.52. The predicted molar refractivity (Wildman–Crippen MR) is 131 cm³/mol. The zero-order valence-corrected chi connectivity index (χ0v) is 19.3. The molecule has 1 amide bonds. The molecule has 0 N–H and O–H groups in total. The number of nitrogens with zero attached hydrogens (tertiary/aromatic N) is 3. The number of benzene rings is 3. The molecule has 4 aromatic rings. The summed E-state index contributed by atoms with van der Waals surface area (Å²) in [6.45, 7) is 7.07. The first-order chi connectivity index (χ1) is 16.5. The summed E-state index contributed by atoms with van der Waals surface area (Å²) in [7, 11) is 0. The number of aromatic nitrogens is 1. The smallest absolute Gasteiger partial charge is 0.254 e. The zero-order valence-electron chi connectivity index (χ0n) is 19.3. The molecule has 1 saturated heterocycles. The lowest BCUT2D eigenvalue weighted by molar-refractivity contribution is 0.0747. The quantitative estimate of drug-likeness (QED) is 0.395. The molecule has 0 aliphatic carbocycles. The van der Waals surface area contributed by atoms with Crippen molar-refractivity contribution in [2.75, 3.05) is 31.1 Å². The molecule has 5 rings (SSSR count). The number of amides is 1. The van der Waals surface area contributed by atoms with Gasteiger partial charge in [0.15, 0.2) is 5.76 Å². The van der Waals surface area contributed by atoms with Crippen molar-refractivity contribution in [2.24, 2.45) is 0 Å². The second kappa shape index (κ2) is 9.14. The second-order valence-electron chi connectivity index (χ2n) is 8.55. The first-order valence-corrected chi connectivity index (χ1v) is 11.4. The normalized spacial score (nSPS) is 13.9. The molecule has 0 radical (unpaired) electrons. The Balaban J connectivity index is 1.36. The third-order valence-electron chi connectivity index (χ3n) is 6.52. The maximum Gasteiger partial charge on any atom is 0.254 e. The number of aryl methyl sites for hydroxylation is 1. The molecule has 172 valence electrons. The summed E-state index contributed by atoms with van der Waals surface area (Å²) in [6.07, 6.45) is 1.50. The Labute approximate surface area is 198 Å². The Kier molecular flexibility index (Phi) is 5.88. The first kappa shape index (κ1) is 21.9. The average molecular weight is 456 g/mol. The highest BCUT2D eigenvalue weighted by atomic mass is 19.1. The number of hydrogen-bond donors (Lipinski definition) is 0. The summed E-state index contributed by atoms with van der Waals surface area (Å²) < 4.78 is 20.1. The van der Waals surface area contributed by atoms with Gasteiger partial charge in [0.25, 0.3) is 5.91 Å². The molecular weight excluding hydrogens is 429 g/mol. The van der Waals surface area contributed by atoms with E-state index in [1.165, 1.54) is 29.1 Å². The van der Waals surface area contributed by atoms with E-state index in [1.807, 2.05) is 23.1 Å². The number of oxazole rings is 1. The van der Waals surface area contributed by atoms with Gasteiger partial charge in [0.1, 0.15) is 5.82 Å². The van der Waals surface area contributed by atoms with Crippen molar-refractivity contribution in [1.82, 2.24) is 9.88 Å². The predicted octanol–water partition coefficient (Wildman–Crippen LogP) is 5.73. The van der Waals surface area contributed by atoms with Gasteiger partial charge in [-0.3, -0.25) is 4.79 Å². The number of anilines is 1. The lowest BCUT2D eigenvalue weighted by Gasteiger charge is -2.37. The van der Waals surface area contributed by atoms with Crippen LogP contribution in [-0.2, 0) is 0 Å². The molecule has 1 aliphatic rings. The van der Waals surface area contributed by atoms with Gasteiger partial charge >= 0.3 is 0 Å². The molecule has 1 aliphatic heterocycles. The fourth-order valence-electron chi connectivity index (χ4n) is 4.44. The van der Waals surface area contributed by atoms with Crippen molar-refractivity contribution in [1.29, 1.82) is 0 Å². The van der Waals surface area contributed by atoms with Crippen LogP contribution in [0.3, 0.4) is 0 Å². The summed E-state index contributed by atoms with van der Waals surface area (Å²) >= 11 is 0. The molecule has 0 bridgehead atoms. The third kappa shape index (κ3) is 4.07. The van der Waals surface area contributed by atoms with Crippen LogP contribution in [0, 0.1) is 19.7 Å². The molecule has 0 unspecified atom stereocenters. The van der Waals surface area contributed by atoms with Crippen LogP contribution in [-0.4, -0.2) is 42.0 Å². The van der Waals surface area contributed by atoms with Crippen molar-refractivity contribution in [2.45, 2.75) is 13.8 Å². The van der Waals surface area contributed by atoms with E-state index < -0.39 is 0 Å². The van der Waals surface area contributed by atoms with Gasteiger partial charge < -0.3 is 14.2 Å². The fourth-order valence-corrected chi connectivity index (χ4v) is 4.44. The minimum atomic E-state index is -0.378. The van der Waals surface area contributed by atoms with E-state index in [2.05, 4.69) is 41.9 Å². The second-order valence-corrected chi connectivity index (χ2v) is 8.55. The van der Waals surface area contributed by atoms with Gasteiger partial charge in [0, 0.05) is 37.4 Å². The maximum atomic E-state index is 14.2. The Hall–Kier alpha value is -3.93. The molecule has 5 nitrogen and oxygen atoms in total. The highest BCUT2D eigenvalue weighted by Crippen LogP contribution is 2.30. The van der Waals surface area contributed by atoms with Crippen LogP contribution < -0.4 is 4.90 Å². The number of halogens is 1. The highest BCUT2D eigenvalue weighted by Gasteiger charge is 2.26. The molecule has 0 saturated carbocycles. The van der Waals surface area contributed by atoms with Crippen LogP contribution in [0.4, 0.5) is 10.1 Å². The summed E-state index contributed by atoms with van der Waals surface area (Å²) in [5, 5.41) is 0. The van der Waals surface area contributed by atoms with E-state index in [1.54, 1.807) is 24.3 Å². The van der Waals surface area contributed by atoms with E-state index in [-0.39, 0.29) is 11.7 Å². The summed E-state index contributed by atoms with van der Waals surface area (Å²) in [4.78, 5) is 22.0. The van der Waals surface area contributed by atoms with Gasteiger partial charge in [0.05, 0.1) is 17.3 Å². The number of hydrogen-bond acceptors (Lipinski definition) is 4. The van der Waals surface area contributed by atoms with Crippen molar-refractivity contribution in [3.63, 3.8) is 0 Å². The Morgan fingerprint density at radius 3 is 2.35 bits per heavy atom. The van der Waals surface area contributed by atoms with Gasteiger partial charge in [0.2, 0.25) is 5.89 Å². The average Bonchev–Trinajstić information content (AvgIpc) is 3.36. The van der Waals surface area contributed by atoms with Crippen LogP contribution in [0.2, 0.25) is 0 Å². The van der Waals surface area contributed by atoms with Gasteiger partial charge in [-0.25, -0.2) is 9.37 Å². The minimum Gasteiger partial charge on any atom is -0.436 e. The van der Waals surface area contributed by atoms with Crippen LogP contribution in [0.25, 0.3) is 22.8 Å². The first-order valence-electron chi connectivity index (χ1n) is 11.4. The topological polar surface area (TPSA) is 49.6 Å². The number of rotatable bonds is 4. The lowest BCUT2D eigenvalue weighted by atomic mass is 10.0. The van der Waals surface area contributed by atoms with E-state index in [9.17, 15) is 9.18 Å². The largest absolute Gasteiger partial charge is 0.436 e. The van der Waals surface area contributed by atoms with Crippen molar-refractivity contribution >= 4 is 11.6 Å². The van der Waals surface area contributed by atoms with Crippen LogP contribution in [0.15, 0.2) is 77.3 Å². The van der Waals surface area contributed by atoms with Gasteiger partial charge in [-0.2, -0.15) is 0 Å². The molecule has 0 atom stereocenters. The molecule has 1 aromatic heterocycles. The summed E-state index contributed by atoms with van der Waals surface area (Å²) in [6, 6.07) is 20.0. The Bertz CT molecular complexity index is 1340. The number of piperazine rings is 1. The van der Waals surface area contributed by atoms with Crippen LogP contribution in [0.5, 0.6) is 0 Å². The minimum absolute atomic E-state index is 0.0538. The standard InChI is InChI=1S/C28H26FN3O2/c1-19-8-7-13-25(20(19)2)31-14-16-32(17-15-31)28(33)22-10-4-3-9-21(22)27-30-18-26(34-27)23-11-5-6-12-24(23)29/h3-13,18H,14-17H2,1-2H3. The Morgan fingerprint density at radius 2 is 1.59 bits per heavy atom. The number of carbonyl (C=O) groups excluding carboxylic acids is 1. The monoisotopic (exact) mass is 455 g/mol. The van der Waals surface area contributed by atoms with E-state index in [0.717, 1.165) is 13.1 Å². The van der Waals surface area contributed by atoms with E-state index in [4.69, 9.17) is 4.42 Å². The molecule has 34 heavy (non-hydrogen) atoms. The maximum absolute atomic E-state index is 14.2. The molecule has 1 fully saturated rings. The van der Waals surface area contributed by atoms with Crippen molar-refractivity contribution in [3.8, 4) is 22.8 Å². The Morgan fingerprint density at radius 1 is 0.882 bits per heavy atom. The lowest BCUT2D eigenvalue weighted by Crippen LogP contribution is -2.49. The molecular formula is C28H26FN3O2. The summed E-state index contributed by atoms with van der Waals surface area (Å²) in [5.74, 6) is 0.201. The summed E-state index contributed by atoms with van der Waals surface area (Å²) in [5.41, 5.74) is 5.25. The molecule has 2 heterocycles. The fraction of sp³-hybridized carbons (Fsp3) is 0.214. The molecule has 3 aromatic carbocycles. The zero-order chi connectivity index (χ0) is 23.7. The molecule has 0 spiro atoms. The van der Waals surface area contributed by atoms with E-state index >= 15 is 0 Å². The van der Waals surface area contributed by atoms with E-state index in [0.29, 0.717) is 41.4 Å². The molecule has 6 heteroatoms. The van der Waals surface area contributed by atoms with Crippen LogP contribution >= 0.6 is 0 Å². The van der Waals surface area contributed by atoms with Crippen LogP contribution in [0.1, 0.15) is 21.5 Å². The van der Waals surface area contributed by atoms with Gasteiger partial charge in [-0.15, -0.1) is 0 Å². The SMILES string of the molecule is Cc1cccc(N2CCN(C(=O)c3ccccc3-c3ncc(-c4ccccc4F)o3)CC2)c1C. The van der Waals surface area contributed by atoms with Crippen molar-refractivity contribution < 1.29 is 13.6 Å². The van der Waals surface area contributed by atoms with Crippen molar-refractivity contribution in [3.05, 3.63) is 95.4 Å². The number of carbonyl (C=O) groups is 1. The van der Waals surface area contributed by atoms with Gasteiger partial charge in [-0.05, 0) is 55.3 Å². The van der Waals surface area contributed by atoms with Gasteiger partial charge in [-0.1, -0.05) is 36.4 Å². The highest BCUT2D eigenvalue weighted by molar-refractivity contribution is 6.00.